The topological polar surface area (TPSA) is 118 Å². The summed E-state index contributed by atoms with van der Waals surface area (Å²) in [6, 6.07) is 16.3. The molecule has 3 aromatic rings. The van der Waals surface area contributed by atoms with Gasteiger partial charge in [0.2, 0.25) is 0 Å². The van der Waals surface area contributed by atoms with Crippen molar-refractivity contribution in [2.75, 3.05) is 19.7 Å². The number of fused-ring (bicyclic) bond motifs is 3. The van der Waals surface area contributed by atoms with Crippen LogP contribution in [0.4, 0.5) is 4.79 Å². The molecular formula is C26H27N3O5S. The fraction of sp³-hybridized carbons (Fsp3) is 0.308. The number of nitrogens with one attached hydrogen (secondary N) is 2. The lowest BCUT2D eigenvalue weighted by Gasteiger charge is -2.14. The van der Waals surface area contributed by atoms with Crippen LogP contribution >= 0.6 is 11.3 Å². The molecular weight excluding hydrogens is 466 g/mol. The number of thiazole rings is 1. The highest BCUT2D eigenvalue weighted by atomic mass is 32.1. The molecule has 2 amide bonds. The summed E-state index contributed by atoms with van der Waals surface area (Å²) < 4.78 is 5.53. The number of benzene rings is 2. The molecule has 8 nitrogen and oxygen atoms in total. The molecule has 9 heteroatoms. The van der Waals surface area contributed by atoms with Crippen LogP contribution in [0.2, 0.25) is 0 Å². The van der Waals surface area contributed by atoms with Crippen molar-refractivity contribution in [1.29, 1.82) is 0 Å². The number of carbonyl (C=O) groups excluding carboxylic acids is 2. The Morgan fingerprint density at radius 2 is 1.71 bits per heavy atom. The van der Waals surface area contributed by atoms with E-state index >= 15 is 0 Å². The zero-order valence-electron chi connectivity index (χ0n) is 19.3. The number of aliphatic carboxylic acids is 1. The molecule has 0 bridgehead atoms. The largest absolute Gasteiger partial charge is 0.481 e. The van der Waals surface area contributed by atoms with Crippen LogP contribution in [0, 0.1) is 5.92 Å². The average Bonchev–Trinajstić information content (AvgIpc) is 3.44. The number of carboxylic acids is 1. The number of rotatable bonds is 10. The van der Waals surface area contributed by atoms with Gasteiger partial charge in [-0.3, -0.25) is 9.59 Å². The number of ether oxygens (including phenoxy) is 1. The summed E-state index contributed by atoms with van der Waals surface area (Å²) in [5, 5.41) is 16.6. The van der Waals surface area contributed by atoms with E-state index in [1.807, 2.05) is 24.3 Å². The van der Waals surface area contributed by atoms with Crippen LogP contribution in [-0.2, 0) is 16.0 Å². The lowest BCUT2D eigenvalue weighted by molar-refractivity contribution is -0.137. The molecule has 0 saturated heterocycles. The van der Waals surface area contributed by atoms with Gasteiger partial charge < -0.3 is 20.5 Å². The molecule has 1 atom stereocenters. The highest BCUT2D eigenvalue weighted by Crippen LogP contribution is 2.44. The molecule has 4 rings (SSSR count). The van der Waals surface area contributed by atoms with Crippen LogP contribution in [0.15, 0.2) is 53.9 Å². The summed E-state index contributed by atoms with van der Waals surface area (Å²) in [5.74, 6) is -1.40. The second-order valence-corrected chi connectivity index (χ2v) is 9.48. The first-order valence-corrected chi connectivity index (χ1v) is 12.3. The van der Waals surface area contributed by atoms with Gasteiger partial charge in [0, 0.05) is 37.2 Å². The minimum atomic E-state index is -0.897. The molecule has 0 spiro atoms. The molecule has 0 fully saturated rings. The summed E-state index contributed by atoms with van der Waals surface area (Å²) in [7, 11) is 0. The molecule has 0 saturated carbocycles. The van der Waals surface area contributed by atoms with Gasteiger partial charge in [0.25, 0.3) is 5.91 Å². The summed E-state index contributed by atoms with van der Waals surface area (Å²) in [4.78, 5) is 39.5. The number of carbonyl (C=O) groups is 3. The van der Waals surface area contributed by atoms with E-state index < -0.39 is 12.1 Å². The summed E-state index contributed by atoms with van der Waals surface area (Å²) in [6.07, 6.45) is -0.0318. The lowest BCUT2D eigenvalue weighted by atomic mass is 9.98. The van der Waals surface area contributed by atoms with Crippen LogP contribution in [0.3, 0.4) is 0 Å². The van der Waals surface area contributed by atoms with E-state index in [1.54, 1.807) is 12.3 Å². The first kappa shape index (κ1) is 24.4. The normalized spacial score (nSPS) is 12.9. The van der Waals surface area contributed by atoms with Crippen molar-refractivity contribution in [3.63, 3.8) is 0 Å². The Balaban J connectivity index is 1.22. The SMILES string of the molecule is CC(CNC(=O)c1csc(CCNC(=O)OCC2c3ccccc3-c3ccccc32)n1)CC(=O)O. The summed E-state index contributed by atoms with van der Waals surface area (Å²) in [6.45, 7) is 2.61. The average molecular weight is 494 g/mol. The van der Waals surface area contributed by atoms with Crippen LogP contribution in [0.5, 0.6) is 0 Å². The Morgan fingerprint density at radius 3 is 2.37 bits per heavy atom. The zero-order valence-corrected chi connectivity index (χ0v) is 20.1. The van der Waals surface area contributed by atoms with Crippen molar-refractivity contribution in [2.24, 2.45) is 5.92 Å². The molecule has 35 heavy (non-hydrogen) atoms. The van der Waals surface area contributed by atoms with Gasteiger partial charge in [-0.05, 0) is 28.2 Å². The first-order valence-electron chi connectivity index (χ1n) is 11.5. The van der Waals surface area contributed by atoms with Gasteiger partial charge in [0.05, 0.1) is 5.01 Å². The third-order valence-electron chi connectivity index (χ3n) is 5.87. The number of hydrogen-bond acceptors (Lipinski definition) is 6. The second kappa shape index (κ2) is 11.1. The Morgan fingerprint density at radius 1 is 1.06 bits per heavy atom. The van der Waals surface area contributed by atoms with Gasteiger partial charge in [-0.25, -0.2) is 9.78 Å². The van der Waals surface area contributed by atoms with Gasteiger partial charge in [-0.15, -0.1) is 11.3 Å². The molecule has 1 heterocycles. The lowest BCUT2D eigenvalue weighted by Crippen LogP contribution is -2.29. The molecule has 1 aliphatic rings. The number of nitrogens with zero attached hydrogens (tertiary/aromatic N) is 1. The predicted molar refractivity (Wildman–Crippen MR) is 133 cm³/mol. The van der Waals surface area contributed by atoms with Crippen LogP contribution in [-0.4, -0.2) is 47.8 Å². The Bertz CT molecular complexity index is 1180. The van der Waals surface area contributed by atoms with E-state index in [4.69, 9.17) is 9.84 Å². The van der Waals surface area contributed by atoms with E-state index in [9.17, 15) is 14.4 Å². The molecule has 0 radical (unpaired) electrons. The maximum absolute atomic E-state index is 12.3. The molecule has 2 aromatic carbocycles. The van der Waals surface area contributed by atoms with Gasteiger partial charge in [-0.1, -0.05) is 55.5 Å². The van der Waals surface area contributed by atoms with E-state index in [0.29, 0.717) is 18.0 Å². The molecule has 182 valence electrons. The Kier molecular flexibility index (Phi) is 7.77. The fourth-order valence-electron chi connectivity index (χ4n) is 4.18. The number of alkyl carbamates (subject to hydrolysis) is 1. The van der Waals surface area contributed by atoms with Gasteiger partial charge in [-0.2, -0.15) is 0 Å². The van der Waals surface area contributed by atoms with Crippen molar-refractivity contribution in [3.8, 4) is 11.1 Å². The first-order chi connectivity index (χ1) is 16.9. The van der Waals surface area contributed by atoms with E-state index in [-0.39, 0.29) is 43.0 Å². The Labute approximate surface area is 207 Å². The maximum atomic E-state index is 12.3. The van der Waals surface area contributed by atoms with Crippen molar-refractivity contribution in [1.82, 2.24) is 15.6 Å². The third kappa shape index (κ3) is 6.05. The van der Waals surface area contributed by atoms with Crippen molar-refractivity contribution >= 4 is 29.3 Å². The number of hydrogen-bond donors (Lipinski definition) is 3. The van der Waals surface area contributed by atoms with E-state index in [1.165, 1.54) is 22.5 Å². The van der Waals surface area contributed by atoms with Crippen LogP contribution in [0.25, 0.3) is 11.1 Å². The Hall–Kier alpha value is -3.72. The van der Waals surface area contributed by atoms with Gasteiger partial charge in [0.1, 0.15) is 12.3 Å². The van der Waals surface area contributed by atoms with E-state index in [2.05, 4.69) is 39.9 Å². The minimum absolute atomic E-state index is 0.00593. The van der Waals surface area contributed by atoms with Crippen LogP contribution < -0.4 is 10.6 Å². The summed E-state index contributed by atoms with van der Waals surface area (Å²) in [5.41, 5.74) is 4.96. The van der Waals surface area contributed by atoms with Crippen molar-refractivity contribution in [2.45, 2.75) is 25.7 Å². The van der Waals surface area contributed by atoms with Crippen LogP contribution in [0.1, 0.15) is 45.9 Å². The maximum Gasteiger partial charge on any atom is 0.407 e. The van der Waals surface area contributed by atoms with Crippen molar-refractivity contribution in [3.05, 3.63) is 75.7 Å². The minimum Gasteiger partial charge on any atom is -0.481 e. The quantitative estimate of drug-likeness (QED) is 0.392. The number of aromatic nitrogens is 1. The second-order valence-electron chi connectivity index (χ2n) is 8.54. The number of amides is 2. The fourth-order valence-corrected chi connectivity index (χ4v) is 4.96. The molecule has 1 aromatic heterocycles. The highest BCUT2D eigenvalue weighted by molar-refractivity contribution is 7.09. The van der Waals surface area contributed by atoms with Crippen molar-refractivity contribution < 1.29 is 24.2 Å². The number of carboxylic acid groups (broad SMARTS) is 1. The smallest absolute Gasteiger partial charge is 0.407 e. The standard InChI is InChI=1S/C26H27N3O5S/c1-16(12-24(30)31)13-28-25(32)22-15-35-23(29-22)10-11-27-26(33)34-14-21-19-8-4-2-6-17(19)18-7-3-5-9-20(18)21/h2-9,15-16,21H,10-14H2,1H3,(H,27,33)(H,28,32)(H,30,31). The predicted octanol–water partition coefficient (Wildman–Crippen LogP) is 4.06. The van der Waals surface area contributed by atoms with Gasteiger partial charge >= 0.3 is 12.1 Å². The zero-order chi connectivity index (χ0) is 24.8. The molecule has 1 aliphatic carbocycles. The molecule has 1 unspecified atom stereocenters. The third-order valence-corrected chi connectivity index (χ3v) is 6.78. The summed E-state index contributed by atoms with van der Waals surface area (Å²) >= 11 is 1.33. The molecule has 0 aliphatic heterocycles. The monoisotopic (exact) mass is 493 g/mol. The van der Waals surface area contributed by atoms with Gasteiger partial charge in [0.15, 0.2) is 0 Å². The molecule has 3 N–H and O–H groups in total. The highest BCUT2D eigenvalue weighted by Gasteiger charge is 2.29. The van der Waals surface area contributed by atoms with E-state index in [0.717, 1.165) is 11.1 Å².